The highest BCUT2D eigenvalue weighted by Gasteiger charge is 2.39. The molecule has 0 aromatic heterocycles. The standard InChI is InChI=1S/C26H33F3O6/c1-17(2)35-25(33)11-6-4-3-5-10-21-22(24(32)15-23(21)31)13-12-19(30)16-34-20-9-7-8-18(14-20)26(27,28)29/h3,5,7-9,12-14,17,21-24,31-32H,4,6,10-11,15-16H2,1-2H3/t21-,22+,23+,24-/m1/s1. The van der Waals surface area contributed by atoms with Crippen molar-refractivity contribution in [1.82, 2.24) is 0 Å². The number of benzene rings is 1. The number of aliphatic hydroxyl groups is 2. The van der Waals surface area contributed by atoms with E-state index >= 15 is 0 Å². The quantitative estimate of drug-likeness (QED) is 0.189. The van der Waals surface area contributed by atoms with E-state index in [9.17, 15) is 33.0 Å². The zero-order chi connectivity index (χ0) is 26.0. The number of ether oxygens (including phenoxy) is 2. The zero-order valence-electron chi connectivity index (χ0n) is 19.9. The molecule has 0 unspecified atom stereocenters. The molecule has 0 bridgehead atoms. The van der Waals surface area contributed by atoms with Gasteiger partial charge in [-0.15, -0.1) is 0 Å². The summed E-state index contributed by atoms with van der Waals surface area (Å²) in [4.78, 5) is 23.7. The molecule has 4 atom stereocenters. The third-order valence-electron chi connectivity index (χ3n) is 5.66. The van der Waals surface area contributed by atoms with Crippen molar-refractivity contribution in [2.45, 2.75) is 70.4 Å². The van der Waals surface area contributed by atoms with Gasteiger partial charge in [-0.2, -0.15) is 13.2 Å². The number of esters is 1. The number of halogens is 3. The first-order valence-electron chi connectivity index (χ1n) is 11.7. The third-order valence-corrected chi connectivity index (χ3v) is 5.66. The van der Waals surface area contributed by atoms with Gasteiger partial charge >= 0.3 is 12.1 Å². The van der Waals surface area contributed by atoms with Gasteiger partial charge in [-0.05, 0) is 63.3 Å². The number of hydrogen-bond acceptors (Lipinski definition) is 6. The van der Waals surface area contributed by atoms with Crippen LogP contribution in [0.2, 0.25) is 0 Å². The van der Waals surface area contributed by atoms with Crippen LogP contribution in [-0.2, 0) is 20.5 Å². The number of unbranched alkanes of at least 4 members (excludes halogenated alkanes) is 1. The molecule has 1 fully saturated rings. The summed E-state index contributed by atoms with van der Waals surface area (Å²) in [5.41, 5.74) is -0.868. The van der Waals surface area contributed by atoms with E-state index in [4.69, 9.17) is 9.47 Å². The Labute approximate surface area is 203 Å². The van der Waals surface area contributed by atoms with E-state index in [1.807, 2.05) is 12.2 Å². The maximum absolute atomic E-state index is 12.8. The van der Waals surface area contributed by atoms with Crippen molar-refractivity contribution in [3.05, 3.63) is 54.1 Å². The molecule has 0 aliphatic heterocycles. The molecular formula is C26H33F3O6. The Morgan fingerprint density at radius 1 is 1.17 bits per heavy atom. The predicted molar refractivity (Wildman–Crippen MR) is 124 cm³/mol. The van der Waals surface area contributed by atoms with E-state index in [1.165, 1.54) is 24.3 Å². The van der Waals surface area contributed by atoms with Gasteiger partial charge in [0.05, 0.1) is 23.9 Å². The topological polar surface area (TPSA) is 93.1 Å². The molecule has 0 amide bonds. The summed E-state index contributed by atoms with van der Waals surface area (Å²) in [7, 11) is 0. The van der Waals surface area contributed by atoms with Gasteiger partial charge in [-0.1, -0.05) is 24.3 Å². The van der Waals surface area contributed by atoms with Crippen molar-refractivity contribution in [2.24, 2.45) is 11.8 Å². The van der Waals surface area contributed by atoms with Gasteiger partial charge in [0.1, 0.15) is 5.75 Å². The second-order valence-electron chi connectivity index (χ2n) is 8.89. The lowest BCUT2D eigenvalue weighted by molar-refractivity contribution is -0.147. The lowest BCUT2D eigenvalue weighted by Crippen LogP contribution is -2.20. The maximum atomic E-state index is 12.8. The van der Waals surface area contributed by atoms with E-state index in [0.717, 1.165) is 12.1 Å². The predicted octanol–water partition coefficient (Wildman–Crippen LogP) is 4.64. The highest BCUT2D eigenvalue weighted by Crippen LogP contribution is 2.36. The second kappa shape index (κ2) is 13.4. The minimum absolute atomic E-state index is 0.0709. The Morgan fingerprint density at radius 2 is 1.91 bits per heavy atom. The fourth-order valence-electron chi connectivity index (χ4n) is 3.95. The van der Waals surface area contributed by atoms with Crippen LogP contribution in [0.3, 0.4) is 0 Å². The lowest BCUT2D eigenvalue weighted by atomic mass is 9.89. The average molecular weight is 499 g/mol. The Hall–Kier alpha value is -2.65. The lowest BCUT2D eigenvalue weighted by Gasteiger charge is -2.19. The number of alkyl halides is 3. The van der Waals surface area contributed by atoms with Crippen molar-refractivity contribution < 1.29 is 42.4 Å². The first-order valence-corrected chi connectivity index (χ1v) is 11.7. The molecule has 0 spiro atoms. The van der Waals surface area contributed by atoms with E-state index in [-0.39, 0.29) is 30.2 Å². The molecule has 6 nitrogen and oxygen atoms in total. The SMILES string of the molecule is CC(C)OC(=O)CCCC=CC[C@@H]1[C@H](C=CC(=O)COc2cccc(C(F)(F)F)c2)[C@H](O)C[C@@H]1O. The molecule has 0 radical (unpaired) electrons. The number of ketones is 1. The van der Waals surface area contributed by atoms with Crippen molar-refractivity contribution >= 4 is 11.8 Å². The monoisotopic (exact) mass is 498 g/mol. The van der Waals surface area contributed by atoms with E-state index in [2.05, 4.69) is 0 Å². The van der Waals surface area contributed by atoms with Crippen molar-refractivity contribution in [3.63, 3.8) is 0 Å². The Kier molecular flexibility index (Phi) is 11.0. The minimum Gasteiger partial charge on any atom is -0.485 e. The normalized spacial score (nSPS) is 22.9. The highest BCUT2D eigenvalue weighted by molar-refractivity contribution is 5.91. The average Bonchev–Trinajstić information content (AvgIpc) is 3.04. The number of hydrogen-bond donors (Lipinski definition) is 2. The summed E-state index contributed by atoms with van der Waals surface area (Å²) >= 11 is 0. The van der Waals surface area contributed by atoms with Gasteiger partial charge in [0, 0.05) is 18.8 Å². The van der Waals surface area contributed by atoms with E-state index in [1.54, 1.807) is 13.8 Å². The summed E-state index contributed by atoms with van der Waals surface area (Å²) in [6, 6.07) is 4.27. The molecule has 1 aromatic carbocycles. The van der Waals surface area contributed by atoms with Crippen molar-refractivity contribution in [1.29, 1.82) is 0 Å². The maximum Gasteiger partial charge on any atom is 0.416 e. The summed E-state index contributed by atoms with van der Waals surface area (Å²) in [5, 5.41) is 20.6. The molecule has 0 saturated heterocycles. The molecule has 1 aliphatic carbocycles. The summed E-state index contributed by atoms with van der Waals surface area (Å²) < 4.78 is 48.6. The Balaban J connectivity index is 1.83. The second-order valence-corrected chi connectivity index (χ2v) is 8.89. The number of aliphatic hydroxyl groups excluding tert-OH is 2. The molecule has 35 heavy (non-hydrogen) atoms. The molecular weight excluding hydrogens is 465 g/mol. The molecule has 1 saturated carbocycles. The summed E-state index contributed by atoms with van der Waals surface area (Å²) in [5.74, 6) is -1.53. The van der Waals surface area contributed by atoms with Crippen LogP contribution in [0.1, 0.15) is 51.5 Å². The third kappa shape index (κ3) is 9.85. The smallest absolute Gasteiger partial charge is 0.416 e. The van der Waals surface area contributed by atoms with Gasteiger partial charge < -0.3 is 19.7 Å². The number of carbonyl (C=O) groups is 2. The minimum atomic E-state index is -4.51. The molecule has 9 heteroatoms. The van der Waals surface area contributed by atoms with Gasteiger partial charge in [0.2, 0.25) is 0 Å². The van der Waals surface area contributed by atoms with Crippen LogP contribution < -0.4 is 4.74 Å². The summed E-state index contributed by atoms with van der Waals surface area (Å²) in [6.07, 6.45) is 2.66. The van der Waals surface area contributed by atoms with Crippen LogP contribution in [0.5, 0.6) is 5.75 Å². The molecule has 1 aliphatic rings. The highest BCUT2D eigenvalue weighted by atomic mass is 19.4. The van der Waals surface area contributed by atoms with Crippen molar-refractivity contribution in [2.75, 3.05) is 6.61 Å². The van der Waals surface area contributed by atoms with Gasteiger partial charge in [-0.3, -0.25) is 9.59 Å². The molecule has 2 N–H and O–H groups in total. The van der Waals surface area contributed by atoms with Gasteiger partial charge in [-0.25, -0.2) is 0 Å². The first-order chi connectivity index (χ1) is 16.5. The number of carbonyl (C=O) groups excluding carboxylic acids is 2. The molecule has 194 valence electrons. The Bertz CT molecular complexity index is 893. The molecule has 1 aromatic rings. The van der Waals surface area contributed by atoms with Gasteiger partial charge in [0.15, 0.2) is 12.4 Å². The zero-order valence-corrected chi connectivity index (χ0v) is 19.9. The van der Waals surface area contributed by atoms with Crippen LogP contribution >= 0.6 is 0 Å². The molecule has 0 heterocycles. The summed E-state index contributed by atoms with van der Waals surface area (Å²) in [6.45, 7) is 3.13. The van der Waals surface area contributed by atoms with Gasteiger partial charge in [0.25, 0.3) is 0 Å². The largest absolute Gasteiger partial charge is 0.485 e. The number of rotatable bonds is 12. The van der Waals surface area contributed by atoms with E-state index < -0.39 is 42.3 Å². The van der Waals surface area contributed by atoms with Crippen molar-refractivity contribution in [3.8, 4) is 5.75 Å². The van der Waals surface area contributed by atoms with Crippen LogP contribution in [0.4, 0.5) is 13.2 Å². The fraction of sp³-hybridized carbons (Fsp3) is 0.538. The fourth-order valence-corrected chi connectivity index (χ4v) is 3.95. The first kappa shape index (κ1) is 28.6. The van der Waals surface area contributed by atoms with Crippen LogP contribution in [0.25, 0.3) is 0 Å². The number of allylic oxidation sites excluding steroid dienone is 2. The van der Waals surface area contributed by atoms with E-state index in [0.29, 0.717) is 25.7 Å². The van der Waals surface area contributed by atoms with Crippen LogP contribution in [-0.4, -0.2) is 46.9 Å². The van der Waals surface area contributed by atoms with Crippen LogP contribution in [0, 0.1) is 11.8 Å². The van der Waals surface area contributed by atoms with Crippen LogP contribution in [0.15, 0.2) is 48.6 Å². The molecule has 2 rings (SSSR count). The Morgan fingerprint density at radius 3 is 2.60 bits per heavy atom.